The van der Waals surface area contributed by atoms with Gasteiger partial charge in [0.15, 0.2) is 0 Å². The van der Waals surface area contributed by atoms with Crippen LogP contribution < -0.4 is 11.1 Å². The number of carbonyl (C=O) groups excluding carboxylic acids is 2. The normalized spacial score (nSPS) is 11.9. The van der Waals surface area contributed by atoms with Crippen molar-refractivity contribution in [3.05, 3.63) is 82.9 Å². The molecular formula is C22H22N2O2. The Balaban J connectivity index is 1.80. The average molecular weight is 346 g/mol. The zero-order chi connectivity index (χ0) is 18.7. The maximum absolute atomic E-state index is 12.5. The molecule has 4 heteroatoms. The number of hydrogen-bond donors (Lipinski definition) is 2. The van der Waals surface area contributed by atoms with Gasteiger partial charge in [0.05, 0.1) is 0 Å². The Morgan fingerprint density at radius 3 is 2.23 bits per heavy atom. The summed E-state index contributed by atoms with van der Waals surface area (Å²) in [6, 6.07) is 18.8. The number of nitrogens with two attached hydrogens (primary N) is 1. The van der Waals surface area contributed by atoms with Gasteiger partial charge in [-0.1, -0.05) is 59.7 Å². The Kier molecular flexibility index (Phi) is 5.03. The standard InChI is InChI=1S/C22H22N2O2/c1-14-9-15(2)11-19(10-14)22(26)24-20(21(23)25)13-16-7-8-17-5-3-4-6-18(17)12-16/h3-12,20H,13H2,1-2H3,(H2,23,25)(H,24,26)/t20-/m0/s1. The summed E-state index contributed by atoms with van der Waals surface area (Å²) in [6.45, 7) is 3.87. The van der Waals surface area contributed by atoms with Gasteiger partial charge in [0.2, 0.25) is 5.91 Å². The van der Waals surface area contributed by atoms with E-state index in [0.717, 1.165) is 27.5 Å². The number of aryl methyl sites for hydroxylation is 2. The summed E-state index contributed by atoms with van der Waals surface area (Å²) < 4.78 is 0. The number of rotatable bonds is 5. The third-order valence-corrected chi connectivity index (χ3v) is 4.39. The van der Waals surface area contributed by atoms with Gasteiger partial charge in [-0.3, -0.25) is 9.59 Å². The second-order valence-electron chi connectivity index (χ2n) is 6.69. The van der Waals surface area contributed by atoms with E-state index < -0.39 is 11.9 Å². The Morgan fingerprint density at radius 2 is 1.58 bits per heavy atom. The van der Waals surface area contributed by atoms with Crippen molar-refractivity contribution in [2.24, 2.45) is 5.73 Å². The molecule has 0 saturated carbocycles. The number of primary amides is 1. The van der Waals surface area contributed by atoms with Crippen LogP contribution in [0.15, 0.2) is 60.7 Å². The molecule has 0 unspecified atom stereocenters. The molecule has 26 heavy (non-hydrogen) atoms. The molecule has 1 atom stereocenters. The SMILES string of the molecule is Cc1cc(C)cc(C(=O)N[C@@H](Cc2ccc3ccccc3c2)C(N)=O)c1. The minimum atomic E-state index is -0.760. The first kappa shape index (κ1) is 17.7. The first-order valence-electron chi connectivity index (χ1n) is 8.58. The minimum absolute atomic E-state index is 0.290. The first-order valence-corrected chi connectivity index (χ1v) is 8.58. The van der Waals surface area contributed by atoms with Gasteiger partial charge < -0.3 is 11.1 Å². The minimum Gasteiger partial charge on any atom is -0.368 e. The lowest BCUT2D eigenvalue weighted by atomic mass is 10.0. The summed E-state index contributed by atoms with van der Waals surface area (Å²) in [6.07, 6.45) is 0.358. The highest BCUT2D eigenvalue weighted by molar-refractivity contribution is 5.97. The number of nitrogens with one attached hydrogen (secondary N) is 1. The van der Waals surface area contributed by atoms with E-state index in [-0.39, 0.29) is 5.91 Å². The summed E-state index contributed by atoms with van der Waals surface area (Å²) in [5, 5.41) is 4.99. The molecule has 0 fully saturated rings. The van der Waals surface area contributed by atoms with Gasteiger partial charge in [-0.25, -0.2) is 0 Å². The van der Waals surface area contributed by atoms with Crippen molar-refractivity contribution in [1.29, 1.82) is 0 Å². The highest BCUT2D eigenvalue weighted by Gasteiger charge is 2.20. The zero-order valence-electron chi connectivity index (χ0n) is 15.0. The van der Waals surface area contributed by atoms with Crippen LogP contribution in [-0.4, -0.2) is 17.9 Å². The van der Waals surface area contributed by atoms with Gasteiger partial charge in [0.25, 0.3) is 5.91 Å². The summed E-state index contributed by atoms with van der Waals surface area (Å²) in [5.41, 5.74) is 9.02. The maximum Gasteiger partial charge on any atom is 0.251 e. The number of carbonyl (C=O) groups is 2. The van der Waals surface area contributed by atoms with Gasteiger partial charge in [0.1, 0.15) is 6.04 Å². The molecule has 0 radical (unpaired) electrons. The fourth-order valence-corrected chi connectivity index (χ4v) is 3.17. The monoisotopic (exact) mass is 346 g/mol. The predicted octanol–water partition coefficient (Wildman–Crippen LogP) is 3.28. The summed E-state index contributed by atoms with van der Waals surface area (Å²) in [4.78, 5) is 24.4. The molecule has 0 aliphatic heterocycles. The van der Waals surface area contributed by atoms with Crippen LogP contribution in [0.4, 0.5) is 0 Å². The van der Waals surface area contributed by atoms with Crippen LogP contribution in [0.3, 0.4) is 0 Å². The lowest BCUT2D eigenvalue weighted by Gasteiger charge is -2.16. The smallest absolute Gasteiger partial charge is 0.251 e. The molecule has 0 aromatic heterocycles. The van der Waals surface area contributed by atoms with Crippen LogP contribution in [0.2, 0.25) is 0 Å². The Labute approximate surface area is 153 Å². The largest absolute Gasteiger partial charge is 0.368 e. The molecule has 0 aliphatic rings. The van der Waals surface area contributed by atoms with E-state index in [1.54, 1.807) is 12.1 Å². The maximum atomic E-state index is 12.5. The quantitative estimate of drug-likeness (QED) is 0.744. The number of fused-ring (bicyclic) bond motifs is 1. The molecule has 3 aromatic carbocycles. The van der Waals surface area contributed by atoms with Crippen LogP contribution >= 0.6 is 0 Å². The molecule has 0 bridgehead atoms. The Morgan fingerprint density at radius 1 is 0.923 bits per heavy atom. The zero-order valence-corrected chi connectivity index (χ0v) is 15.0. The van der Waals surface area contributed by atoms with Crippen molar-refractivity contribution in [3.63, 3.8) is 0 Å². The molecule has 0 heterocycles. The predicted molar refractivity (Wildman–Crippen MR) is 104 cm³/mol. The van der Waals surface area contributed by atoms with E-state index in [9.17, 15) is 9.59 Å². The van der Waals surface area contributed by atoms with E-state index in [2.05, 4.69) is 5.32 Å². The van der Waals surface area contributed by atoms with Gasteiger partial charge in [0, 0.05) is 12.0 Å². The van der Waals surface area contributed by atoms with Crippen LogP contribution in [0.25, 0.3) is 10.8 Å². The van der Waals surface area contributed by atoms with Crippen molar-refractivity contribution in [2.45, 2.75) is 26.3 Å². The Bertz CT molecular complexity index is 959. The second kappa shape index (κ2) is 7.40. The second-order valence-corrected chi connectivity index (χ2v) is 6.69. The van der Waals surface area contributed by atoms with Crippen LogP contribution in [0.1, 0.15) is 27.0 Å². The van der Waals surface area contributed by atoms with Crippen LogP contribution in [-0.2, 0) is 11.2 Å². The van der Waals surface area contributed by atoms with E-state index in [1.165, 1.54) is 0 Å². The topological polar surface area (TPSA) is 72.2 Å². The number of benzene rings is 3. The van der Waals surface area contributed by atoms with Gasteiger partial charge in [-0.15, -0.1) is 0 Å². The highest BCUT2D eigenvalue weighted by atomic mass is 16.2. The molecule has 3 aromatic rings. The third-order valence-electron chi connectivity index (χ3n) is 4.39. The van der Waals surface area contributed by atoms with Crippen LogP contribution in [0.5, 0.6) is 0 Å². The first-order chi connectivity index (χ1) is 12.4. The van der Waals surface area contributed by atoms with Gasteiger partial charge >= 0.3 is 0 Å². The molecule has 4 nitrogen and oxygen atoms in total. The Hall–Kier alpha value is -3.14. The molecule has 132 valence electrons. The van der Waals surface area contributed by atoms with Crippen molar-refractivity contribution in [1.82, 2.24) is 5.32 Å². The van der Waals surface area contributed by atoms with E-state index in [1.807, 2.05) is 62.4 Å². The molecule has 3 N–H and O–H groups in total. The summed E-state index contributed by atoms with van der Waals surface area (Å²) in [5.74, 6) is -0.836. The molecule has 0 saturated heterocycles. The summed E-state index contributed by atoms with van der Waals surface area (Å²) in [7, 11) is 0. The summed E-state index contributed by atoms with van der Waals surface area (Å²) >= 11 is 0. The van der Waals surface area contributed by atoms with E-state index in [4.69, 9.17) is 5.73 Å². The fourth-order valence-electron chi connectivity index (χ4n) is 3.17. The van der Waals surface area contributed by atoms with Crippen molar-refractivity contribution >= 4 is 22.6 Å². The molecule has 2 amide bonds. The number of amides is 2. The number of hydrogen-bond acceptors (Lipinski definition) is 2. The van der Waals surface area contributed by atoms with Crippen molar-refractivity contribution in [2.75, 3.05) is 0 Å². The lowest BCUT2D eigenvalue weighted by Crippen LogP contribution is -2.45. The average Bonchev–Trinajstić information content (AvgIpc) is 2.60. The third kappa shape index (κ3) is 4.09. The molecule has 0 aliphatic carbocycles. The van der Waals surface area contributed by atoms with Crippen molar-refractivity contribution < 1.29 is 9.59 Å². The van der Waals surface area contributed by atoms with Gasteiger partial charge in [-0.05, 0) is 42.3 Å². The molecular weight excluding hydrogens is 324 g/mol. The van der Waals surface area contributed by atoms with Crippen LogP contribution in [0, 0.1) is 13.8 Å². The molecule has 0 spiro atoms. The lowest BCUT2D eigenvalue weighted by molar-refractivity contribution is -0.119. The van der Waals surface area contributed by atoms with Gasteiger partial charge in [-0.2, -0.15) is 0 Å². The molecule has 3 rings (SSSR count). The van der Waals surface area contributed by atoms with E-state index in [0.29, 0.717) is 12.0 Å². The van der Waals surface area contributed by atoms with E-state index >= 15 is 0 Å². The van der Waals surface area contributed by atoms with Crippen molar-refractivity contribution in [3.8, 4) is 0 Å². The highest BCUT2D eigenvalue weighted by Crippen LogP contribution is 2.17. The fraction of sp³-hybridized carbons (Fsp3) is 0.182.